The van der Waals surface area contributed by atoms with Crippen molar-refractivity contribution in [2.24, 2.45) is 5.92 Å². The third-order valence-electron chi connectivity index (χ3n) is 4.15. The number of aliphatic hydroxyl groups is 1. The van der Waals surface area contributed by atoms with Crippen LogP contribution in [0.3, 0.4) is 0 Å². The highest BCUT2D eigenvalue weighted by Crippen LogP contribution is 2.42. The first-order valence-electron chi connectivity index (χ1n) is 7.47. The van der Waals surface area contributed by atoms with E-state index in [9.17, 15) is 0 Å². The summed E-state index contributed by atoms with van der Waals surface area (Å²) >= 11 is 0. The molecule has 0 unspecified atom stereocenters. The molecule has 1 saturated carbocycles. The van der Waals surface area contributed by atoms with E-state index in [0.717, 1.165) is 37.1 Å². The van der Waals surface area contributed by atoms with Gasteiger partial charge in [0.25, 0.3) is 0 Å². The molecule has 0 spiro atoms. The van der Waals surface area contributed by atoms with Crippen LogP contribution >= 0.6 is 0 Å². The van der Waals surface area contributed by atoms with Crippen LogP contribution < -0.4 is 4.74 Å². The number of methoxy groups -OCH3 is 1. The lowest BCUT2D eigenvalue weighted by Crippen LogP contribution is -2.43. The van der Waals surface area contributed by atoms with E-state index in [1.54, 1.807) is 7.11 Å². The number of ether oxygens (including phenoxy) is 1. The Morgan fingerprint density at radius 3 is 3.00 bits per heavy atom. The average Bonchev–Trinajstić information content (AvgIpc) is 2.47. The number of hydrogen-bond donors (Lipinski definition) is 1. The van der Waals surface area contributed by atoms with Gasteiger partial charge in [0, 0.05) is 12.5 Å². The lowest BCUT2D eigenvalue weighted by molar-refractivity contribution is -0.0619. The van der Waals surface area contributed by atoms with Crippen molar-refractivity contribution in [1.29, 1.82) is 1.43 Å². The molecule has 0 radical (unpaired) electrons. The van der Waals surface area contributed by atoms with Crippen LogP contribution in [0.1, 0.15) is 31.2 Å². The topological polar surface area (TPSA) is 32.7 Å². The smallest absolute Gasteiger partial charge is 0.211 e. The van der Waals surface area contributed by atoms with Crippen LogP contribution in [0.5, 0.6) is 5.75 Å². The van der Waals surface area contributed by atoms with Gasteiger partial charge in [-0.25, -0.2) is 0 Å². The summed E-state index contributed by atoms with van der Waals surface area (Å²) in [4.78, 5) is 2.18. The highest BCUT2D eigenvalue weighted by molar-refractivity contribution is 5.33. The third kappa shape index (κ3) is 3.10. The quantitative estimate of drug-likeness (QED) is 0.888. The van der Waals surface area contributed by atoms with Gasteiger partial charge in [-0.2, -0.15) is 0 Å². The Labute approximate surface area is 117 Å². The normalized spacial score (nSPS) is 28.2. The standard InChI is InChI=1S/C16H25NO2/c1-17(2)12-14-7-4-5-10-16(14,18)13-8-6-9-15(11-13)19-3/h6,8-9,11,14,18H,4-5,7,10,12H2,1-3H3/t14-,16+/m1/s1/i18T. The van der Waals surface area contributed by atoms with Crippen LogP contribution in [0.2, 0.25) is 0 Å². The minimum atomic E-state index is -0.503. The zero-order valence-corrected chi connectivity index (χ0v) is 12.2. The molecule has 1 N–H and O–H groups in total. The maximum atomic E-state index is 7.73. The summed E-state index contributed by atoms with van der Waals surface area (Å²) in [5.41, 5.74) is 0.565. The Morgan fingerprint density at radius 1 is 1.47 bits per heavy atom. The summed E-state index contributed by atoms with van der Waals surface area (Å²) in [6.07, 6.45) is 4.34. The molecule has 1 fully saturated rings. The van der Waals surface area contributed by atoms with E-state index < -0.39 is 5.60 Å². The van der Waals surface area contributed by atoms with Crippen LogP contribution in [-0.4, -0.2) is 39.2 Å². The van der Waals surface area contributed by atoms with E-state index in [1.165, 1.54) is 6.42 Å². The molecule has 0 aromatic heterocycles. The van der Waals surface area contributed by atoms with Gasteiger partial charge in [0.05, 0.1) is 12.7 Å². The summed E-state index contributed by atoms with van der Waals surface area (Å²) < 4.78 is 13.0. The van der Waals surface area contributed by atoms with Gasteiger partial charge in [-0.1, -0.05) is 25.0 Å². The van der Waals surface area contributed by atoms with Crippen LogP contribution in [0.25, 0.3) is 0 Å². The number of rotatable bonds is 5. The second kappa shape index (κ2) is 5.93. The van der Waals surface area contributed by atoms with Gasteiger partial charge < -0.3 is 14.7 Å². The zero-order chi connectivity index (χ0) is 14.6. The number of nitrogens with zero attached hydrogens (tertiary/aromatic N) is 1. The zero-order valence-electron chi connectivity index (χ0n) is 13.2. The molecule has 0 bridgehead atoms. The van der Waals surface area contributed by atoms with Gasteiger partial charge in [0.1, 0.15) is 5.75 Å². The van der Waals surface area contributed by atoms with E-state index in [-0.39, 0.29) is 0 Å². The summed E-state index contributed by atoms with van der Waals surface area (Å²) in [6, 6.07) is 7.99. The van der Waals surface area contributed by atoms with E-state index in [0.29, 0.717) is 5.92 Å². The first kappa shape index (κ1) is 12.9. The SMILES string of the molecule is [3H]O[C@]1(c2cccc(OC)c2)CCCC[C@@H]1CN(C)C. The first-order valence-corrected chi connectivity index (χ1v) is 7.06. The monoisotopic (exact) mass is 265 g/mol. The van der Waals surface area contributed by atoms with E-state index >= 15 is 0 Å². The molecule has 1 aliphatic rings. The fraction of sp³-hybridized carbons (Fsp3) is 0.625. The van der Waals surface area contributed by atoms with Crippen LogP contribution in [0.4, 0.5) is 0 Å². The maximum absolute atomic E-state index is 7.73. The predicted octanol–water partition coefficient (Wildman–Crippen LogP) is 2.63. The van der Waals surface area contributed by atoms with E-state index in [1.807, 2.05) is 18.2 Å². The summed E-state index contributed by atoms with van der Waals surface area (Å²) in [6.45, 7) is 0.941. The summed E-state index contributed by atoms with van der Waals surface area (Å²) in [5, 5.41) is 5.35. The fourth-order valence-electron chi connectivity index (χ4n) is 3.16. The summed E-state index contributed by atoms with van der Waals surface area (Å²) in [7, 11) is 5.83. The van der Waals surface area contributed by atoms with Crippen molar-refractivity contribution in [2.75, 3.05) is 27.7 Å². The first-order chi connectivity index (χ1) is 9.62. The maximum Gasteiger partial charge on any atom is 0.211 e. The van der Waals surface area contributed by atoms with Gasteiger partial charge in [-0.05, 0) is 44.6 Å². The van der Waals surface area contributed by atoms with Crippen molar-refractivity contribution in [1.82, 2.24) is 4.90 Å². The Morgan fingerprint density at radius 2 is 2.32 bits per heavy atom. The molecular formula is C16H25NO2. The lowest BCUT2D eigenvalue weighted by atomic mass is 9.71. The molecule has 0 amide bonds. The Kier molecular flexibility index (Phi) is 4.04. The van der Waals surface area contributed by atoms with Crippen molar-refractivity contribution < 1.29 is 9.85 Å². The van der Waals surface area contributed by atoms with Gasteiger partial charge in [-0.15, -0.1) is 0 Å². The molecule has 0 aliphatic heterocycles. The predicted molar refractivity (Wildman–Crippen MR) is 77.4 cm³/mol. The summed E-state index contributed by atoms with van der Waals surface area (Å²) in [5.74, 6) is 1.17. The van der Waals surface area contributed by atoms with Crippen LogP contribution in [0.15, 0.2) is 24.3 Å². The number of benzene rings is 1. The molecule has 0 saturated heterocycles. The Hall–Kier alpha value is -1.06. The molecule has 3 heteroatoms. The molecular weight excluding hydrogens is 238 g/mol. The molecule has 2 atom stereocenters. The molecule has 0 heterocycles. The minimum absolute atomic E-state index is 0.343. The van der Waals surface area contributed by atoms with Gasteiger partial charge in [0.15, 0.2) is 0 Å². The van der Waals surface area contributed by atoms with Crippen molar-refractivity contribution in [3.8, 4) is 5.75 Å². The Bertz CT molecular complexity index is 438. The molecule has 1 aromatic rings. The highest BCUT2D eigenvalue weighted by atomic mass is 16.5. The van der Waals surface area contributed by atoms with Crippen molar-refractivity contribution >= 4 is 0 Å². The minimum Gasteiger partial charge on any atom is -0.497 e. The largest absolute Gasteiger partial charge is 0.497 e. The van der Waals surface area contributed by atoms with Gasteiger partial charge in [-0.3, -0.25) is 0 Å². The molecule has 106 valence electrons. The van der Waals surface area contributed by atoms with E-state index in [2.05, 4.69) is 25.1 Å². The van der Waals surface area contributed by atoms with Crippen molar-refractivity contribution in [2.45, 2.75) is 31.3 Å². The third-order valence-corrected chi connectivity index (χ3v) is 4.15. The van der Waals surface area contributed by atoms with Gasteiger partial charge >= 0.3 is 0 Å². The average molecular weight is 265 g/mol. The van der Waals surface area contributed by atoms with Crippen LogP contribution in [-0.2, 0) is 5.60 Å². The lowest BCUT2D eigenvalue weighted by Gasteiger charge is -2.41. The molecule has 1 aromatic carbocycles. The fourth-order valence-corrected chi connectivity index (χ4v) is 3.16. The van der Waals surface area contributed by atoms with Gasteiger partial charge in [0.2, 0.25) is 1.43 Å². The van der Waals surface area contributed by atoms with Crippen molar-refractivity contribution in [3.05, 3.63) is 29.8 Å². The Balaban J connectivity index is 2.37. The van der Waals surface area contributed by atoms with Crippen molar-refractivity contribution in [3.63, 3.8) is 0 Å². The second-order valence-corrected chi connectivity index (χ2v) is 5.83. The molecule has 1 aliphatic carbocycles. The van der Waals surface area contributed by atoms with E-state index in [4.69, 9.17) is 11.3 Å². The molecule has 19 heavy (non-hydrogen) atoms. The number of hydrogen-bond acceptors (Lipinski definition) is 3. The highest BCUT2D eigenvalue weighted by Gasteiger charge is 2.40. The molecule has 3 nitrogen and oxygen atoms in total. The molecule has 2 rings (SSSR count). The van der Waals surface area contributed by atoms with Crippen LogP contribution in [0, 0.1) is 5.92 Å². The second-order valence-electron chi connectivity index (χ2n) is 5.83.